The van der Waals surface area contributed by atoms with Crippen LogP contribution in [-0.2, 0) is 19.5 Å². The Morgan fingerprint density at radius 2 is 1.82 bits per heavy atom. The molecule has 1 aliphatic heterocycles. The zero-order valence-electron chi connectivity index (χ0n) is 19.4. The van der Waals surface area contributed by atoms with Crippen LogP contribution >= 0.6 is 0 Å². The summed E-state index contributed by atoms with van der Waals surface area (Å²) in [6.45, 7) is 2.79. The van der Waals surface area contributed by atoms with Gasteiger partial charge in [-0.1, -0.05) is 36.4 Å². The van der Waals surface area contributed by atoms with Gasteiger partial charge in [0.2, 0.25) is 5.95 Å². The summed E-state index contributed by atoms with van der Waals surface area (Å²) in [5.74, 6) is 1.37. The number of anilines is 2. The molecule has 0 saturated heterocycles. The number of hydrogen-bond donors (Lipinski definition) is 2. The lowest BCUT2D eigenvalue weighted by Crippen LogP contribution is -2.23. The van der Waals surface area contributed by atoms with Gasteiger partial charge in [-0.05, 0) is 73.1 Å². The Morgan fingerprint density at radius 1 is 1.00 bits per heavy atom. The van der Waals surface area contributed by atoms with Gasteiger partial charge in [0.05, 0.1) is 18.3 Å². The first-order chi connectivity index (χ1) is 16.1. The molecule has 1 aromatic heterocycles. The van der Waals surface area contributed by atoms with E-state index in [2.05, 4.69) is 89.2 Å². The minimum absolute atomic E-state index is 0.558. The van der Waals surface area contributed by atoms with Crippen molar-refractivity contribution >= 4 is 22.5 Å². The first-order valence-corrected chi connectivity index (χ1v) is 11.3. The summed E-state index contributed by atoms with van der Waals surface area (Å²) < 4.78 is 5.64. The number of aromatic nitrogens is 2. The van der Waals surface area contributed by atoms with Gasteiger partial charge >= 0.3 is 0 Å². The molecule has 0 saturated carbocycles. The number of ether oxygens (including phenoxy) is 1. The van der Waals surface area contributed by atoms with Gasteiger partial charge in [0.25, 0.3) is 0 Å². The molecule has 0 radical (unpaired) electrons. The van der Waals surface area contributed by atoms with Crippen molar-refractivity contribution in [2.75, 3.05) is 33.1 Å². The number of fused-ring (bicyclic) bond motifs is 2. The second kappa shape index (κ2) is 9.17. The molecule has 3 aromatic carbocycles. The highest BCUT2D eigenvalue weighted by molar-refractivity contribution is 5.84. The van der Waals surface area contributed by atoms with Crippen LogP contribution in [0.15, 0.2) is 60.8 Å². The van der Waals surface area contributed by atoms with Crippen molar-refractivity contribution in [3.8, 4) is 16.9 Å². The maximum Gasteiger partial charge on any atom is 0.227 e. The van der Waals surface area contributed by atoms with E-state index in [9.17, 15) is 0 Å². The van der Waals surface area contributed by atoms with Crippen molar-refractivity contribution in [3.63, 3.8) is 0 Å². The Balaban J connectivity index is 1.44. The predicted molar refractivity (Wildman–Crippen MR) is 134 cm³/mol. The van der Waals surface area contributed by atoms with Crippen molar-refractivity contribution in [2.45, 2.75) is 19.5 Å². The third-order valence-corrected chi connectivity index (χ3v) is 6.02. The van der Waals surface area contributed by atoms with Crippen molar-refractivity contribution in [2.24, 2.45) is 0 Å². The van der Waals surface area contributed by atoms with E-state index in [0.29, 0.717) is 5.95 Å². The zero-order chi connectivity index (χ0) is 22.8. The lowest BCUT2D eigenvalue weighted by atomic mass is 10.00. The molecule has 168 valence electrons. The molecule has 1 aliphatic rings. The highest BCUT2D eigenvalue weighted by Gasteiger charge is 2.15. The number of nitrogens with zero attached hydrogens (tertiary/aromatic N) is 3. The van der Waals surface area contributed by atoms with Crippen LogP contribution in [-0.4, -0.2) is 42.6 Å². The number of rotatable bonds is 6. The lowest BCUT2D eigenvalue weighted by molar-refractivity contribution is 0.402. The quantitative estimate of drug-likeness (QED) is 0.452. The molecule has 0 spiro atoms. The largest absolute Gasteiger partial charge is 0.495 e. The molecule has 2 N–H and O–H groups in total. The molecule has 4 aromatic rings. The predicted octanol–water partition coefficient (Wildman–Crippen LogP) is 4.76. The Bertz CT molecular complexity index is 1280. The molecule has 0 fully saturated rings. The van der Waals surface area contributed by atoms with Crippen LogP contribution in [0, 0.1) is 0 Å². The fourth-order valence-corrected chi connectivity index (χ4v) is 4.33. The second-order valence-electron chi connectivity index (χ2n) is 8.77. The highest BCUT2D eigenvalue weighted by atomic mass is 16.5. The molecule has 0 bridgehead atoms. The van der Waals surface area contributed by atoms with Crippen LogP contribution in [0.2, 0.25) is 0 Å². The van der Waals surface area contributed by atoms with Crippen LogP contribution in [0.5, 0.6) is 5.75 Å². The Hall–Kier alpha value is -3.48. The van der Waals surface area contributed by atoms with Crippen molar-refractivity contribution < 1.29 is 4.74 Å². The third-order valence-electron chi connectivity index (χ3n) is 6.02. The third kappa shape index (κ3) is 4.67. The summed E-state index contributed by atoms with van der Waals surface area (Å²) in [4.78, 5) is 11.5. The monoisotopic (exact) mass is 439 g/mol. The van der Waals surface area contributed by atoms with E-state index in [0.717, 1.165) is 54.0 Å². The molecule has 0 aliphatic carbocycles. The summed E-state index contributed by atoms with van der Waals surface area (Å²) in [5.41, 5.74) is 8.01. The summed E-state index contributed by atoms with van der Waals surface area (Å²) in [5, 5.41) is 7.81. The van der Waals surface area contributed by atoms with E-state index in [1.54, 1.807) is 7.11 Å². The van der Waals surface area contributed by atoms with Gasteiger partial charge in [-0.15, -0.1) is 0 Å². The minimum atomic E-state index is 0.558. The summed E-state index contributed by atoms with van der Waals surface area (Å²) in [6.07, 6.45) is 2.87. The van der Waals surface area contributed by atoms with Gasteiger partial charge in [0.1, 0.15) is 5.75 Å². The Morgan fingerprint density at radius 3 is 2.61 bits per heavy atom. The maximum absolute atomic E-state index is 5.64. The van der Waals surface area contributed by atoms with E-state index in [1.807, 2.05) is 6.20 Å². The maximum atomic E-state index is 5.64. The second-order valence-corrected chi connectivity index (χ2v) is 8.77. The average Bonchev–Trinajstić information content (AvgIpc) is 2.83. The smallest absolute Gasteiger partial charge is 0.227 e. The summed E-state index contributed by atoms with van der Waals surface area (Å²) in [6, 6.07) is 19.3. The van der Waals surface area contributed by atoms with Crippen LogP contribution < -0.4 is 15.4 Å². The van der Waals surface area contributed by atoms with Gasteiger partial charge in [0, 0.05) is 24.7 Å². The zero-order valence-corrected chi connectivity index (χ0v) is 19.4. The Labute approximate surface area is 194 Å². The van der Waals surface area contributed by atoms with Crippen molar-refractivity contribution in [1.29, 1.82) is 0 Å². The van der Waals surface area contributed by atoms with Crippen molar-refractivity contribution in [3.05, 3.63) is 77.5 Å². The average molecular weight is 440 g/mol. The number of benzene rings is 3. The van der Waals surface area contributed by atoms with E-state index in [1.165, 1.54) is 22.3 Å². The molecule has 2 heterocycles. The topological polar surface area (TPSA) is 62.3 Å². The first-order valence-electron chi connectivity index (χ1n) is 11.3. The molecule has 0 unspecified atom stereocenters. The highest BCUT2D eigenvalue weighted by Crippen LogP contribution is 2.32. The molecular formula is C27H29N5O. The first kappa shape index (κ1) is 21.4. The number of methoxy groups -OCH3 is 1. The van der Waals surface area contributed by atoms with Crippen LogP contribution in [0.4, 0.5) is 11.6 Å². The normalized spacial score (nSPS) is 13.2. The molecule has 0 amide bonds. The van der Waals surface area contributed by atoms with Gasteiger partial charge < -0.3 is 20.3 Å². The minimum Gasteiger partial charge on any atom is -0.495 e. The molecule has 33 heavy (non-hydrogen) atoms. The van der Waals surface area contributed by atoms with Crippen LogP contribution in [0.25, 0.3) is 22.0 Å². The van der Waals surface area contributed by atoms with E-state index in [4.69, 9.17) is 9.72 Å². The molecule has 6 heteroatoms. The molecule has 0 atom stereocenters. The van der Waals surface area contributed by atoms with E-state index in [-0.39, 0.29) is 0 Å². The molecule has 5 rings (SSSR count). The standard InChI is InChI=1S/C27H29N5O/c1-32(2)17-18-4-6-19(7-5-18)20-8-9-22-16-29-27(30-24(22)12-20)31-25-13-23-15-28-11-10-21(23)14-26(25)33-3/h4-9,12-14,16,28H,10-11,15,17H2,1-3H3,(H,29,30,31). The van der Waals surface area contributed by atoms with Crippen LogP contribution in [0.1, 0.15) is 16.7 Å². The fourth-order valence-electron chi connectivity index (χ4n) is 4.33. The number of nitrogens with one attached hydrogen (secondary N) is 2. The number of hydrogen-bond acceptors (Lipinski definition) is 6. The molecular weight excluding hydrogens is 410 g/mol. The lowest BCUT2D eigenvalue weighted by Gasteiger charge is -2.20. The van der Waals surface area contributed by atoms with Crippen molar-refractivity contribution in [1.82, 2.24) is 20.2 Å². The SMILES string of the molecule is COc1cc2c(cc1Nc1ncc3ccc(-c4ccc(CN(C)C)cc4)cc3n1)CNCC2. The van der Waals surface area contributed by atoms with E-state index >= 15 is 0 Å². The van der Waals surface area contributed by atoms with Gasteiger partial charge in [-0.3, -0.25) is 0 Å². The summed E-state index contributed by atoms with van der Waals surface area (Å²) >= 11 is 0. The van der Waals surface area contributed by atoms with Gasteiger partial charge in [0.15, 0.2) is 0 Å². The Kier molecular flexibility index (Phi) is 5.94. The van der Waals surface area contributed by atoms with Gasteiger partial charge in [-0.25, -0.2) is 9.97 Å². The van der Waals surface area contributed by atoms with Crippen LogP contribution in [0.3, 0.4) is 0 Å². The molecule has 6 nitrogen and oxygen atoms in total. The summed E-state index contributed by atoms with van der Waals surface area (Å²) in [7, 11) is 5.86. The van der Waals surface area contributed by atoms with Gasteiger partial charge in [-0.2, -0.15) is 0 Å². The van der Waals surface area contributed by atoms with E-state index < -0.39 is 0 Å². The fraction of sp³-hybridized carbons (Fsp3) is 0.259.